The molecule has 1 aromatic carbocycles. The molecule has 0 unspecified atom stereocenters. The van der Waals surface area contributed by atoms with E-state index in [0.29, 0.717) is 11.3 Å². The number of sulfonamides is 1. The Hall–Kier alpha value is -0.830. The third kappa shape index (κ3) is 3.25. The first-order chi connectivity index (χ1) is 9.32. The highest BCUT2D eigenvalue weighted by Crippen LogP contribution is 2.27. The van der Waals surface area contributed by atoms with Crippen LogP contribution in [0.4, 0.5) is 0 Å². The minimum atomic E-state index is -3.71. The molecule has 1 aromatic heterocycles. The van der Waals surface area contributed by atoms with Gasteiger partial charge < -0.3 is 4.57 Å². The monoisotopic (exact) mass is 375 g/mol. The van der Waals surface area contributed by atoms with Gasteiger partial charge in [0.15, 0.2) is 5.16 Å². The van der Waals surface area contributed by atoms with Crippen LogP contribution in [-0.2, 0) is 16.6 Å². The van der Waals surface area contributed by atoms with E-state index in [1.165, 1.54) is 12.1 Å². The standard InChI is InChI=1S/C12H14BrN3O2S2/c1-3-16-11-5-4-9(20(14,17)18)6-10(11)15-12(16)19-7-8(2)13/h4-6H,2-3,7H2,1H3,(H2,14,17,18). The molecule has 0 saturated carbocycles. The number of fused-ring (bicyclic) bond motifs is 1. The van der Waals surface area contributed by atoms with Crippen LogP contribution >= 0.6 is 27.7 Å². The summed E-state index contributed by atoms with van der Waals surface area (Å²) in [6.45, 7) is 6.56. The fraction of sp³-hybridized carbons (Fsp3) is 0.250. The maximum absolute atomic E-state index is 11.4. The molecule has 0 aliphatic rings. The van der Waals surface area contributed by atoms with Crippen molar-refractivity contribution >= 4 is 48.7 Å². The molecule has 0 spiro atoms. The lowest BCUT2D eigenvalue weighted by Gasteiger charge is -2.05. The number of nitrogens with zero attached hydrogens (tertiary/aromatic N) is 2. The Kier molecular flexibility index (Phi) is 4.58. The highest BCUT2D eigenvalue weighted by atomic mass is 79.9. The van der Waals surface area contributed by atoms with E-state index in [1.54, 1.807) is 17.8 Å². The quantitative estimate of drug-likeness (QED) is 0.814. The van der Waals surface area contributed by atoms with E-state index >= 15 is 0 Å². The van der Waals surface area contributed by atoms with Gasteiger partial charge in [-0.05, 0) is 29.6 Å². The van der Waals surface area contributed by atoms with Crippen LogP contribution in [0.3, 0.4) is 0 Å². The molecule has 2 rings (SSSR count). The molecule has 0 bridgehead atoms. The van der Waals surface area contributed by atoms with Gasteiger partial charge in [-0.1, -0.05) is 34.3 Å². The van der Waals surface area contributed by atoms with Crippen molar-refractivity contribution in [1.82, 2.24) is 9.55 Å². The van der Waals surface area contributed by atoms with Crippen molar-refractivity contribution < 1.29 is 8.42 Å². The minimum Gasteiger partial charge on any atom is -0.319 e. The van der Waals surface area contributed by atoms with Crippen molar-refractivity contribution in [3.63, 3.8) is 0 Å². The summed E-state index contributed by atoms with van der Waals surface area (Å²) in [5, 5.41) is 5.97. The maximum Gasteiger partial charge on any atom is 0.238 e. The Morgan fingerprint density at radius 1 is 1.55 bits per heavy atom. The normalized spacial score (nSPS) is 11.9. The van der Waals surface area contributed by atoms with Crippen molar-refractivity contribution in [3.8, 4) is 0 Å². The zero-order chi connectivity index (χ0) is 14.9. The predicted molar refractivity (Wildman–Crippen MR) is 85.6 cm³/mol. The van der Waals surface area contributed by atoms with Gasteiger partial charge in [-0.3, -0.25) is 0 Å². The van der Waals surface area contributed by atoms with E-state index in [2.05, 4.69) is 27.5 Å². The number of benzene rings is 1. The fourth-order valence-corrected chi connectivity index (χ4v) is 3.53. The summed E-state index contributed by atoms with van der Waals surface area (Å²) < 4.78 is 25.7. The zero-order valence-electron chi connectivity index (χ0n) is 10.8. The lowest BCUT2D eigenvalue weighted by molar-refractivity contribution is 0.598. The largest absolute Gasteiger partial charge is 0.319 e. The Balaban J connectivity index is 2.53. The number of rotatable bonds is 5. The molecule has 0 atom stereocenters. The average Bonchev–Trinajstić information content (AvgIpc) is 2.71. The molecule has 0 amide bonds. The summed E-state index contributed by atoms with van der Waals surface area (Å²) in [5.41, 5.74) is 1.52. The second kappa shape index (κ2) is 5.88. The summed E-state index contributed by atoms with van der Waals surface area (Å²) >= 11 is 4.86. The SMILES string of the molecule is C=C(Br)CSc1nc2cc(S(N)(=O)=O)ccc2n1CC. The molecule has 1 heterocycles. The molecule has 2 aromatic rings. The van der Waals surface area contributed by atoms with Crippen molar-refractivity contribution in [2.24, 2.45) is 5.14 Å². The van der Waals surface area contributed by atoms with Crippen molar-refractivity contribution in [3.05, 3.63) is 29.3 Å². The number of nitrogens with two attached hydrogens (primary N) is 1. The molecule has 20 heavy (non-hydrogen) atoms. The highest BCUT2D eigenvalue weighted by molar-refractivity contribution is 9.11. The molecular formula is C12H14BrN3O2S2. The van der Waals surface area contributed by atoms with Gasteiger partial charge in [0.1, 0.15) is 0 Å². The van der Waals surface area contributed by atoms with E-state index in [-0.39, 0.29) is 4.90 Å². The Labute approximate surface area is 130 Å². The number of thioether (sulfide) groups is 1. The molecule has 0 radical (unpaired) electrons. The lowest BCUT2D eigenvalue weighted by Crippen LogP contribution is -2.11. The van der Waals surface area contributed by atoms with Crippen LogP contribution in [0, 0.1) is 0 Å². The van der Waals surface area contributed by atoms with Gasteiger partial charge in [-0.2, -0.15) is 0 Å². The van der Waals surface area contributed by atoms with Crippen LogP contribution in [-0.4, -0.2) is 23.7 Å². The summed E-state index contributed by atoms with van der Waals surface area (Å²) in [7, 11) is -3.71. The van der Waals surface area contributed by atoms with Crippen molar-refractivity contribution in [2.75, 3.05) is 5.75 Å². The molecule has 8 heteroatoms. The minimum absolute atomic E-state index is 0.0761. The van der Waals surface area contributed by atoms with Crippen LogP contribution in [0.1, 0.15) is 6.92 Å². The summed E-state index contributed by atoms with van der Waals surface area (Å²) in [6, 6.07) is 4.74. The van der Waals surface area contributed by atoms with Gasteiger partial charge >= 0.3 is 0 Å². The lowest BCUT2D eigenvalue weighted by atomic mass is 10.3. The number of halogens is 1. The topological polar surface area (TPSA) is 78.0 Å². The third-order valence-corrected chi connectivity index (χ3v) is 5.31. The average molecular weight is 376 g/mol. The molecule has 5 nitrogen and oxygen atoms in total. The molecule has 0 aliphatic carbocycles. The van der Waals surface area contributed by atoms with Crippen molar-refractivity contribution in [1.29, 1.82) is 0 Å². The van der Waals surface area contributed by atoms with Gasteiger partial charge in [-0.15, -0.1) is 0 Å². The van der Waals surface area contributed by atoms with Gasteiger partial charge in [0, 0.05) is 12.3 Å². The Morgan fingerprint density at radius 3 is 2.80 bits per heavy atom. The number of aryl methyl sites for hydroxylation is 1. The van der Waals surface area contributed by atoms with Crippen LogP contribution in [0.15, 0.2) is 39.3 Å². The second-order valence-electron chi connectivity index (χ2n) is 4.14. The van der Waals surface area contributed by atoms with Crippen LogP contribution in [0.25, 0.3) is 11.0 Å². The first kappa shape index (κ1) is 15.6. The van der Waals surface area contributed by atoms with E-state index in [1.807, 2.05) is 11.5 Å². The molecular weight excluding hydrogens is 362 g/mol. The van der Waals surface area contributed by atoms with E-state index in [0.717, 1.165) is 21.7 Å². The van der Waals surface area contributed by atoms with Crippen molar-refractivity contribution in [2.45, 2.75) is 23.5 Å². The number of hydrogen-bond donors (Lipinski definition) is 1. The molecule has 0 saturated heterocycles. The first-order valence-electron chi connectivity index (χ1n) is 5.82. The van der Waals surface area contributed by atoms with Gasteiger partial charge in [0.2, 0.25) is 10.0 Å². The first-order valence-corrected chi connectivity index (χ1v) is 9.14. The molecule has 0 fully saturated rings. The maximum atomic E-state index is 11.4. The highest BCUT2D eigenvalue weighted by Gasteiger charge is 2.14. The Bertz CT molecular complexity index is 768. The smallest absolute Gasteiger partial charge is 0.238 e. The summed E-state index contributed by atoms with van der Waals surface area (Å²) in [5.74, 6) is 0.700. The van der Waals surface area contributed by atoms with Gasteiger partial charge in [0.25, 0.3) is 0 Å². The number of aromatic nitrogens is 2. The van der Waals surface area contributed by atoms with Crippen LogP contribution < -0.4 is 5.14 Å². The number of primary sulfonamides is 1. The number of hydrogen-bond acceptors (Lipinski definition) is 4. The van der Waals surface area contributed by atoms with Crippen LogP contribution in [0.2, 0.25) is 0 Å². The summed E-state index contributed by atoms with van der Waals surface area (Å²) in [4.78, 5) is 4.55. The predicted octanol–water partition coefficient (Wildman–Crippen LogP) is 2.70. The Morgan fingerprint density at radius 2 is 2.25 bits per heavy atom. The molecule has 0 aliphatic heterocycles. The van der Waals surface area contributed by atoms with E-state index < -0.39 is 10.0 Å². The van der Waals surface area contributed by atoms with E-state index in [9.17, 15) is 8.42 Å². The fourth-order valence-electron chi connectivity index (χ4n) is 1.82. The van der Waals surface area contributed by atoms with Gasteiger partial charge in [0.05, 0.1) is 15.9 Å². The summed E-state index contributed by atoms with van der Waals surface area (Å²) in [6.07, 6.45) is 0. The molecule has 2 N–H and O–H groups in total. The second-order valence-corrected chi connectivity index (χ2v) is 7.77. The van der Waals surface area contributed by atoms with E-state index in [4.69, 9.17) is 5.14 Å². The zero-order valence-corrected chi connectivity index (χ0v) is 14.1. The number of imidazole rings is 1. The van der Waals surface area contributed by atoms with Gasteiger partial charge in [-0.25, -0.2) is 18.5 Å². The molecule has 108 valence electrons. The van der Waals surface area contributed by atoms with Crippen LogP contribution in [0.5, 0.6) is 0 Å². The third-order valence-electron chi connectivity index (χ3n) is 2.69.